The Balaban J connectivity index is 1.65. The quantitative estimate of drug-likeness (QED) is 0.729. The second-order valence-electron chi connectivity index (χ2n) is 5.21. The molecule has 0 fully saturated rings. The zero-order valence-electron chi connectivity index (χ0n) is 12.2. The summed E-state index contributed by atoms with van der Waals surface area (Å²) in [6.45, 7) is 3.13. The first kappa shape index (κ1) is 12.9. The van der Waals surface area contributed by atoms with Gasteiger partial charge in [0.15, 0.2) is 11.5 Å². The van der Waals surface area contributed by atoms with E-state index in [0.29, 0.717) is 13.2 Å². The minimum Gasteiger partial charge on any atom is -0.486 e. The zero-order chi connectivity index (χ0) is 14.9. The van der Waals surface area contributed by atoms with E-state index in [1.54, 1.807) is 4.68 Å². The number of hydrogen-bond donors (Lipinski definition) is 0. The molecule has 0 amide bonds. The lowest BCUT2D eigenvalue weighted by atomic mass is 10.0. The fourth-order valence-electron chi connectivity index (χ4n) is 2.50. The van der Waals surface area contributed by atoms with Crippen molar-refractivity contribution in [3.8, 4) is 28.3 Å². The lowest BCUT2D eigenvalue weighted by molar-refractivity contribution is 0.171. The Kier molecular flexibility index (Phi) is 3.04. The van der Waals surface area contributed by atoms with E-state index in [9.17, 15) is 0 Å². The molecule has 0 aliphatic carbocycles. The molecule has 1 aliphatic rings. The Morgan fingerprint density at radius 1 is 0.909 bits per heavy atom. The van der Waals surface area contributed by atoms with Gasteiger partial charge in [-0.1, -0.05) is 23.4 Å². The molecular weight excluding hydrogens is 278 g/mol. The molecule has 0 bridgehead atoms. The van der Waals surface area contributed by atoms with Gasteiger partial charge >= 0.3 is 0 Å². The fourth-order valence-corrected chi connectivity index (χ4v) is 2.50. The molecule has 0 atom stereocenters. The van der Waals surface area contributed by atoms with Crippen LogP contribution in [0.4, 0.5) is 0 Å². The SMILES string of the molecule is Cc1cn(-c2ccc(-c3ccc4c(c3)OCCO4)cc2)nn1. The molecule has 0 N–H and O–H groups in total. The van der Waals surface area contributed by atoms with Crippen molar-refractivity contribution in [1.82, 2.24) is 15.0 Å². The molecule has 0 radical (unpaired) electrons. The number of nitrogens with zero attached hydrogens (tertiary/aromatic N) is 3. The minimum atomic E-state index is 0.598. The van der Waals surface area contributed by atoms with Crippen LogP contribution in [0.15, 0.2) is 48.7 Å². The van der Waals surface area contributed by atoms with Gasteiger partial charge < -0.3 is 9.47 Å². The topological polar surface area (TPSA) is 49.2 Å². The molecule has 1 aromatic heterocycles. The third kappa shape index (κ3) is 2.30. The summed E-state index contributed by atoms with van der Waals surface area (Å²) in [5.41, 5.74) is 4.11. The molecule has 110 valence electrons. The molecule has 0 unspecified atom stereocenters. The van der Waals surface area contributed by atoms with Crippen LogP contribution in [-0.4, -0.2) is 28.2 Å². The summed E-state index contributed by atoms with van der Waals surface area (Å²) in [6, 6.07) is 14.2. The fraction of sp³-hybridized carbons (Fsp3) is 0.176. The van der Waals surface area contributed by atoms with Crippen LogP contribution in [-0.2, 0) is 0 Å². The van der Waals surface area contributed by atoms with Crippen LogP contribution in [0.25, 0.3) is 16.8 Å². The number of aryl methyl sites for hydroxylation is 1. The van der Waals surface area contributed by atoms with Gasteiger partial charge in [-0.3, -0.25) is 0 Å². The third-order valence-electron chi connectivity index (χ3n) is 3.62. The van der Waals surface area contributed by atoms with Gasteiger partial charge in [0.1, 0.15) is 13.2 Å². The van der Waals surface area contributed by atoms with Crippen molar-refractivity contribution < 1.29 is 9.47 Å². The van der Waals surface area contributed by atoms with Crippen molar-refractivity contribution in [3.63, 3.8) is 0 Å². The van der Waals surface area contributed by atoms with Gasteiger partial charge in [-0.25, -0.2) is 4.68 Å². The normalized spacial score (nSPS) is 13.1. The Morgan fingerprint density at radius 2 is 1.64 bits per heavy atom. The highest BCUT2D eigenvalue weighted by molar-refractivity contribution is 5.68. The van der Waals surface area contributed by atoms with Gasteiger partial charge in [0, 0.05) is 0 Å². The Morgan fingerprint density at radius 3 is 2.36 bits per heavy atom. The number of hydrogen-bond acceptors (Lipinski definition) is 4. The summed E-state index contributed by atoms with van der Waals surface area (Å²) < 4.78 is 13.0. The predicted octanol–water partition coefficient (Wildman–Crippen LogP) is 3.01. The lowest BCUT2D eigenvalue weighted by Crippen LogP contribution is -2.15. The maximum absolute atomic E-state index is 5.63. The average Bonchev–Trinajstić information content (AvgIpc) is 3.01. The molecule has 5 heteroatoms. The largest absolute Gasteiger partial charge is 0.486 e. The van der Waals surface area contributed by atoms with Gasteiger partial charge in [-0.05, 0) is 42.3 Å². The lowest BCUT2D eigenvalue weighted by Gasteiger charge is -2.19. The summed E-state index contributed by atoms with van der Waals surface area (Å²) in [5, 5.41) is 8.08. The molecule has 5 nitrogen and oxygen atoms in total. The van der Waals surface area contributed by atoms with Crippen molar-refractivity contribution >= 4 is 0 Å². The molecule has 1 aliphatic heterocycles. The van der Waals surface area contributed by atoms with Crippen molar-refractivity contribution in [1.29, 1.82) is 0 Å². The van der Waals surface area contributed by atoms with Crippen LogP contribution >= 0.6 is 0 Å². The van der Waals surface area contributed by atoms with Gasteiger partial charge in [-0.2, -0.15) is 0 Å². The van der Waals surface area contributed by atoms with Crippen LogP contribution < -0.4 is 9.47 Å². The first-order valence-corrected chi connectivity index (χ1v) is 7.19. The van der Waals surface area contributed by atoms with Gasteiger partial charge in [0.05, 0.1) is 17.6 Å². The van der Waals surface area contributed by atoms with Crippen LogP contribution in [0.1, 0.15) is 5.69 Å². The summed E-state index contributed by atoms with van der Waals surface area (Å²) >= 11 is 0. The highest BCUT2D eigenvalue weighted by atomic mass is 16.6. The van der Waals surface area contributed by atoms with E-state index in [-0.39, 0.29) is 0 Å². The van der Waals surface area contributed by atoms with Crippen LogP contribution in [0.3, 0.4) is 0 Å². The molecule has 0 saturated heterocycles. The van der Waals surface area contributed by atoms with E-state index in [0.717, 1.165) is 34.0 Å². The summed E-state index contributed by atoms with van der Waals surface area (Å²) in [7, 11) is 0. The van der Waals surface area contributed by atoms with E-state index in [2.05, 4.69) is 22.4 Å². The molecular formula is C17H15N3O2. The number of aromatic nitrogens is 3. The van der Waals surface area contributed by atoms with Gasteiger partial charge in [-0.15, -0.1) is 5.10 Å². The monoisotopic (exact) mass is 293 g/mol. The second kappa shape index (κ2) is 5.18. The Hall–Kier alpha value is -2.82. The first-order chi connectivity index (χ1) is 10.8. The molecule has 2 heterocycles. The highest BCUT2D eigenvalue weighted by Gasteiger charge is 2.12. The smallest absolute Gasteiger partial charge is 0.161 e. The number of rotatable bonds is 2. The second-order valence-corrected chi connectivity index (χ2v) is 5.21. The van der Waals surface area contributed by atoms with Crippen LogP contribution in [0, 0.1) is 6.92 Å². The van der Waals surface area contributed by atoms with Crippen molar-refractivity contribution in [2.45, 2.75) is 6.92 Å². The predicted molar refractivity (Wildman–Crippen MR) is 82.5 cm³/mol. The average molecular weight is 293 g/mol. The van der Waals surface area contributed by atoms with Gasteiger partial charge in [0.2, 0.25) is 0 Å². The van der Waals surface area contributed by atoms with Crippen molar-refractivity contribution in [3.05, 3.63) is 54.4 Å². The first-order valence-electron chi connectivity index (χ1n) is 7.19. The maximum atomic E-state index is 5.63. The van der Waals surface area contributed by atoms with E-state index >= 15 is 0 Å². The molecule has 2 aromatic carbocycles. The standard InChI is InChI=1S/C17H15N3O2/c1-12-11-20(19-18-12)15-5-2-13(3-6-15)14-4-7-16-17(10-14)22-9-8-21-16/h2-7,10-11H,8-9H2,1H3. The van der Waals surface area contributed by atoms with Gasteiger partial charge in [0.25, 0.3) is 0 Å². The zero-order valence-corrected chi connectivity index (χ0v) is 12.2. The van der Waals surface area contributed by atoms with E-state index < -0.39 is 0 Å². The van der Waals surface area contributed by atoms with Crippen LogP contribution in [0.5, 0.6) is 11.5 Å². The maximum Gasteiger partial charge on any atom is 0.161 e. The number of benzene rings is 2. The van der Waals surface area contributed by atoms with E-state index in [1.807, 2.05) is 43.5 Å². The van der Waals surface area contributed by atoms with Crippen LogP contribution in [0.2, 0.25) is 0 Å². The summed E-state index contributed by atoms with van der Waals surface area (Å²) in [5.74, 6) is 1.62. The summed E-state index contributed by atoms with van der Waals surface area (Å²) in [6.07, 6.45) is 1.90. The van der Waals surface area contributed by atoms with E-state index in [1.165, 1.54) is 0 Å². The Labute approximate surface area is 128 Å². The number of ether oxygens (including phenoxy) is 2. The van der Waals surface area contributed by atoms with Crippen molar-refractivity contribution in [2.75, 3.05) is 13.2 Å². The third-order valence-corrected chi connectivity index (χ3v) is 3.62. The molecule has 4 rings (SSSR count). The highest BCUT2D eigenvalue weighted by Crippen LogP contribution is 2.34. The minimum absolute atomic E-state index is 0.598. The Bertz CT molecular complexity index is 809. The summed E-state index contributed by atoms with van der Waals surface area (Å²) in [4.78, 5) is 0. The van der Waals surface area contributed by atoms with Crippen molar-refractivity contribution in [2.24, 2.45) is 0 Å². The molecule has 0 spiro atoms. The van der Waals surface area contributed by atoms with E-state index in [4.69, 9.17) is 9.47 Å². The molecule has 3 aromatic rings. The molecule has 0 saturated carbocycles. The molecule has 22 heavy (non-hydrogen) atoms. The number of fused-ring (bicyclic) bond motifs is 1.